The molecule has 4 atom stereocenters. The van der Waals surface area contributed by atoms with Crippen LogP contribution in [0.15, 0.2) is 60.0 Å². The Bertz CT molecular complexity index is 1020. The van der Waals surface area contributed by atoms with E-state index in [9.17, 15) is 9.90 Å². The number of amides is 1. The lowest BCUT2D eigenvalue weighted by Crippen LogP contribution is -2.46. The van der Waals surface area contributed by atoms with E-state index in [2.05, 4.69) is 27.8 Å². The molecule has 0 spiro atoms. The number of anilines is 2. The van der Waals surface area contributed by atoms with Gasteiger partial charge in [0, 0.05) is 23.2 Å². The number of carbonyl (C=O) groups excluding carboxylic acids is 1. The number of thiazole rings is 1. The Balaban J connectivity index is 1.31. The zero-order valence-electron chi connectivity index (χ0n) is 18.2. The average Bonchev–Trinajstić information content (AvgIpc) is 3.26. The first-order valence-electron chi connectivity index (χ1n) is 11.1. The normalized spacial score (nSPS) is 20.4. The molecule has 6 nitrogen and oxygen atoms in total. The maximum absolute atomic E-state index is 12.5. The molecule has 1 aliphatic heterocycles. The predicted octanol–water partition coefficient (Wildman–Crippen LogP) is 4.25. The fraction of sp³-hybridized carbons (Fsp3) is 0.360. The number of aliphatic hydroxyl groups excluding tert-OH is 1. The Morgan fingerprint density at radius 2 is 1.97 bits per heavy atom. The third-order valence-corrected chi connectivity index (χ3v) is 6.81. The number of aromatic nitrogens is 1. The number of aliphatic hydroxyl groups is 1. The van der Waals surface area contributed by atoms with Crippen LogP contribution in [0.5, 0.6) is 0 Å². The molecule has 2 aromatic carbocycles. The molecule has 7 heteroatoms. The topological polar surface area (TPSA) is 100 Å². The van der Waals surface area contributed by atoms with Crippen molar-refractivity contribution >= 4 is 28.1 Å². The highest BCUT2D eigenvalue weighted by Crippen LogP contribution is 2.26. The number of carbonyl (C=O) groups is 1. The van der Waals surface area contributed by atoms with Gasteiger partial charge in [0.1, 0.15) is 0 Å². The van der Waals surface area contributed by atoms with Crippen LogP contribution in [-0.2, 0) is 11.2 Å². The number of nitrogens with one attached hydrogen (secondary N) is 2. The second-order valence-electron chi connectivity index (χ2n) is 8.48. The van der Waals surface area contributed by atoms with Gasteiger partial charge in [-0.2, -0.15) is 0 Å². The van der Waals surface area contributed by atoms with E-state index in [1.54, 1.807) is 0 Å². The van der Waals surface area contributed by atoms with Gasteiger partial charge in [-0.1, -0.05) is 48.9 Å². The summed E-state index contributed by atoms with van der Waals surface area (Å²) in [5.41, 5.74) is 9.30. The van der Waals surface area contributed by atoms with Crippen molar-refractivity contribution in [2.75, 3.05) is 11.1 Å². The molecule has 32 heavy (non-hydrogen) atoms. The maximum atomic E-state index is 12.5. The van der Waals surface area contributed by atoms with Crippen molar-refractivity contribution < 1.29 is 9.90 Å². The largest absolute Gasteiger partial charge is 0.387 e. The number of hydrogen-bond acceptors (Lipinski definition) is 6. The number of rotatable bonds is 7. The van der Waals surface area contributed by atoms with Gasteiger partial charge in [-0.3, -0.25) is 4.79 Å². The van der Waals surface area contributed by atoms with E-state index in [0.29, 0.717) is 16.9 Å². The Hall–Kier alpha value is -2.74. The number of nitrogen functional groups attached to an aromatic ring is 1. The summed E-state index contributed by atoms with van der Waals surface area (Å²) in [6.07, 6.45) is 3.55. The minimum Gasteiger partial charge on any atom is -0.387 e. The molecule has 4 rings (SSSR count). The van der Waals surface area contributed by atoms with Crippen molar-refractivity contribution in [2.24, 2.45) is 0 Å². The summed E-state index contributed by atoms with van der Waals surface area (Å²) in [4.78, 5) is 16.7. The molecule has 1 amide bonds. The van der Waals surface area contributed by atoms with Crippen LogP contribution >= 0.6 is 11.3 Å². The summed E-state index contributed by atoms with van der Waals surface area (Å²) in [5, 5.41) is 19.7. The molecule has 2 unspecified atom stereocenters. The van der Waals surface area contributed by atoms with Gasteiger partial charge in [-0.25, -0.2) is 4.98 Å². The van der Waals surface area contributed by atoms with E-state index < -0.39 is 6.10 Å². The first-order valence-corrected chi connectivity index (χ1v) is 12.0. The molecule has 3 aromatic rings. The van der Waals surface area contributed by atoms with E-state index in [1.165, 1.54) is 16.9 Å². The van der Waals surface area contributed by atoms with Crippen LogP contribution in [0.4, 0.5) is 10.8 Å². The molecular weight excluding hydrogens is 420 g/mol. The van der Waals surface area contributed by atoms with E-state index >= 15 is 0 Å². The highest BCUT2D eigenvalue weighted by molar-refractivity contribution is 7.13. The van der Waals surface area contributed by atoms with Crippen LogP contribution in [0, 0.1) is 0 Å². The Labute approximate surface area is 192 Å². The fourth-order valence-electron chi connectivity index (χ4n) is 4.24. The van der Waals surface area contributed by atoms with Crippen molar-refractivity contribution in [1.29, 1.82) is 0 Å². The van der Waals surface area contributed by atoms with E-state index in [0.717, 1.165) is 36.9 Å². The van der Waals surface area contributed by atoms with Crippen LogP contribution in [-0.4, -0.2) is 28.1 Å². The van der Waals surface area contributed by atoms with E-state index in [-0.39, 0.29) is 17.9 Å². The summed E-state index contributed by atoms with van der Waals surface area (Å²) in [6.45, 7) is 1.83. The Morgan fingerprint density at radius 1 is 1.22 bits per heavy atom. The highest BCUT2D eigenvalue weighted by atomic mass is 32.1. The Morgan fingerprint density at radius 3 is 2.66 bits per heavy atom. The molecule has 0 bridgehead atoms. The molecule has 0 radical (unpaired) electrons. The van der Waals surface area contributed by atoms with Crippen LogP contribution in [0.25, 0.3) is 0 Å². The van der Waals surface area contributed by atoms with Crippen molar-refractivity contribution in [1.82, 2.24) is 10.3 Å². The second kappa shape index (κ2) is 10.3. The molecule has 5 N–H and O–H groups in total. The first kappa shape index (κ1) is 22.5. The quantitative estimate of drug-likeness (QED) is 0.431. The fourth-order valence-corrected chi connectivity index (χ4v) is 4.90. The van der Waals surface area contributed by atoms with Crippen LogP contribution < -0.4 is 16.4 Å². The van der Waals surface area contributed by atoms with Gasteiger partial charge in [0.15, 0.2) is 5.13 Å². The SMILES string of the molecule is C[C@@H](C(=O)Nc1ccc(CC2CCC[C@H](C(O)c3ccccc3)N2)cc1)c1csc(N)n1. The van der Waals surface area contributed by atoms with Crippen LogP contribution in [0.1, 0.15) is 55.0 Å². The lowest BCUT2D eigenvalue weighted by atomic mass is 9.89. The van der Waals surface area contributed by atoms with Crippen LogP contribution in [0.3, 0.4) is 0 Å². The predicted molar refractivity (Wildman–Crippen MR) is 130 cm³/mol. The molecule has 0 saturated carbocycles. The van der Waals surface area contributed by atoms with Gasteiger partial charge in [0.2, 0.25) is 5.91 Å². The number of hydrogen-bond donors (Lipinski definition) is 4. The molecule has 168 valence electrons. The van der Waals surface area contributed by atoms with Crippen LogP contribution in [0.2, 0.25) is 0 Å². The summed E-state index contributed by atoms with van der Waals surface area (Å²) >= 11 is 1.34. The average molecular weight is 451 g/mol. The summed E-state index contributed by atoms with van der Waals surface area (Å²) in [5.74, 6) is -0.461. The van der Waals surface area contributed by atoms with Gasteiger partial charge in [0.05, 0.1) is 17.7 Å². The standard InChI is InChI=1S/C25H30N4O2S/c1-16(22-15-32-25(26)29-22)24(31)28-19-12-10-17(11-13-19)14-20-8-5-9-21(27-20)23(30)18-6-3-2-4-7-18/h2-4,6-7,10-13,15-16,20-21,23,27,30H,5,8-9,14H2,1H3,(H2,26,29)(H,28,31)/t16-,20?,21-,23?/m1/s1. The molecular formula is C25H30N4O2S. The number of nitrogens with two attached hydrogens (primary N) is 1. The van der Waals surface area contributed by atoms with Crippen molar-refractivity contribution in [3.05, 3.63) is 76.8 Å². The Kier molecular flexibility index (Phi) is 7.19. The van der Waals surface area contributed by atoms with Gasteiger partial charge in [-0.05, 0) is 49.4 Å². The lowest BCUT2D eigenvalue weighted by Gasteiger charge is -2.34. The van der Waals surface area contributed by atoms with Gasteiger partial charge < -0.3 is 21.5 Å². The number of piperidine rings is 1. The summed E-state index contributed by atoms with van der Waals surface area (Å²) in [6, 6.07) is 18.2. The molecule has 1 aromatic heterocycles. The third-order valence-electron chi connectivity index (χ3n) is 6.12. The first-order chi connectivity index (χ1) is 15.5. The second-order valence-corrected chi connectivity index (χ2v) is 9.37. The summed E-state index contributed by atoms with van der Waals surface area (Å²) < 4.78 is 0. The smallest absolute Gasteiger partial charge is 0.233 e. The van der Waals surface area contributed by atoms with Gasteiger partial charge in [0.25, 0.3) is 0 Å². The van der Waals surface area contributed by atoms with E-state index in [4.69, 9.17) is 5.73 Å². The third kappa shape index (κ3) is 5.54. The van der Waals surface area contributed by atoms with Gasteiger partial charge >= 0.3 is 0 Å². The zero-order valence-corrected chi connectivity index (χ0v) is 19.0. The molecule has 1 aliphatic rings. The number of nitrogens with zero attached hydrogens (tertiary/aromatic N) is 1. The van der Waals surface area contributed by atoms with Crippen molar-refractivity contribution in [3.8, 4) is 0 Å². The van der Waals surface area contributed by atoms with Crippen molar-refractivity contribution in [3.63, 3.8) is 0 Å². The van der Waals surface area contributed by atoms with Crippen molar-refractivity contribution in [2.45, 2.75) is 56.7 Å². The number of benzene rings is 2. The molecule has 2 heterocycles. The zero-order chi connectivity index (χ0) is 22.5. The minimum absolute atomic E-state index is 0.0657. The van der Waals surface area contributed by atoms with Gasteiger partial charge in [-0.15, -0.1) is 11.3 Å². The summed E-state index contributed by atoms with van der Waals surface area (Å²) in [7, 11) is 0. The lowest BCUT2D eigenvalue weighted by molar-refractivity contribution is -0.117. The monoisotopic (exact) mass is 450 g/mol. The molecule has 1 fully saturated rings. The maximum Gasteiger partial charge on any atom is 0.233 e. The highest BCUT2D eigenvalue weighted by Gasteiger charge is 2.27. The van der Waals surface area contributed by atoms with E-state index in [1.807, 2.05) is 54.8 Å². The molecule has 0 aliphatic carbocycles. The molecule has 1 saturated heterocycles. The minimum atomic E-state index is -0.494.